The Morgan fingerprint density at radius 3 is 2.14 bits per heavy atom. The molecule has 2 heteroatoms. The highest BCUT2D eigenvalue weighted by Crippen LogP contribution is 2.36. The van der Waals surface area contributed by atoms with E-state index in [0.717, 1.165) is 35.3 Å². The summed E-state index contributed by atoms with van der Waals surface area (Å²) in [6.07, 6.45) is 5.74. The maximum Gasteiger partial charge on any atom is 0.131 e. The van der Waals surface area contributed by atoms with Crippen molar-refractivity contribution >= 4 is 5.57 Å². The van der Waals surface area contributed by atoms with Crippen LogP contribution < -0.4 is 4.74 Å². The van der Waals surface area contributed by atoms with Gasteiger partial charge in [-0.05, 0) is 60.6 Å². The second-order valence-corrected chi connectivity index (χ2v) is 7.32. The maximum absolute atomic E-state index is 14.6. The van der Waals surface area contributed by atoms with Crippen molar-refractivity contribution in [3.63, 3.8) is 0 Å². The van der Waals surface area contributed by atoms with Crippen LogP contribution in [-0.2, 0) is 6.61 Å². The molecule has 1 nitrogen and oxygen atoms in total. The molecule has 1 aliphatic carbocycles. The molecular weight excluding hydrogens is 347 g/mol. The molecule has 3 aromatic carbocycles. The zero-order valence-electron chi connectivity index (χ0n) is 16.0. The fourth-order valence-corrected chi connectivity index (χ4v) is 3.90. The van der Waals surface area contributed by atoms with E-state index in [1.807, 2.05) is 42.5 Å². The van der Waals surface area contributed by atoms with E-state index in [9.17, 15) is 4.39 Å². The molecule has 0 saturated heterocycles. The first kappa shape index (κ1) is 18.5. The summed E-state index contributed by atoms with van der Waals surface area (Å²) >= 11 is 0. The summed E-state index contributed by atoms with van der Waals surface area (Å²) in [5, 5.41) is 0. The zero-order chi connectivity index (χ0) is 19.2. The van der Waals surface area contributed by atoms with Gasteiger partial charge in [-0.15, -0.1) is 0 Å². The molecule has 1 fully saturated rings. The maximum atomic E-state index is 14.6. The van der Waals surface area contributed by atoms with Gasteiger partial charge >= 0.3 is 0 Å². The van der Waals surface area contributed by atoms with Crippen molar-refractivity contribution in [3.8, 4) is 5.75 Å². The molecule has 0 bridgehead atoms. The molecule has 3 aromatic rings. The van der Waals surface area contributed by atoms with Crippen LogP contribution >= 0.6 is 0 Å². The second-order valence-electron chi connectivity index (χ2n) is 7.32. The monoisotopic (exact) mass is 372 g/mol. The number of ether oxygens (including phenoxy) is 1. The van der Waals surface area contributed by atoms with Crippen LogP contribution in [-0.4, -0.2) is 0 Å². The van der Waals surface area contributed by atoms with Crippen LogP contribution in [0, 0.1) is 5.82 Å². The summed E-state index contributed by atoms with van der Waals surface area (Å²) < 4.78 is 20.5. The molecule has 0 radical (unpaired) electrons. The van der Waals surface area contributed by atoms with Gasteiger partial charge in [-0.1, -0.05) is 72.7 Å². The van der Waals surface area contributed by atoms with E-state index in [0.29, 0.717) is 12.2 Å². The molecule has 0 aromatic heterocycles. The van der Waals surface area contributed by atoms with Crippen LogP contribution in [0.3, 0.4) is 0 Å². The van der Waals surface area contributed by atoms with Gasteiger partial charge in [0.1, 0.15) is 18.2 Å². The van der Waals surface area contributed by atoms with E-state index in [-0.39, 0.29) is 5.82 Å². The van der Waals surface area contributed by atoms with Gasteiger partial charge < -0.3 is 4.74 Å². The number of hydrogen-bond donors (Lipinski definition) is 0. The van der Waals surface area contributed by atoms with Gasteiger partial charge in [-0.3, -0.25) is 0 Å². The van der Waals surface area contributed by atoms with Gasteiger partial charge in [0.25, 0.3) is 0 Å². The minimum atomic E-state index is -0.153. The summed E-state index contributed by atoms with van der Waals surface area (Å²) in [6, 6.07) is 25.3. The van der Waals surface area contributed by atoms with Gasteiger partial charge in [-0.2, -0.15) is 0 Å². The zero-order valence-corrected chi connectivity index (χ0v) is 16.0. The Kier molecular flexibility index (Phi) is 5.86. The Labute approximate surface area is 166 Å². The highest BCUT2D eigenvalue weighted by molar-refractivity contribution is 5.82. The van der Waals surface area contributed by atoms with E-state index >= 15 is 0 Å². The minimum absolute atomic E-state index is 0.153. The van der Waals surface area contributed by atoms with Crippen molar-refractivity contribution in [1.29, 1.82) is 0 Å². The van der Waals surface area contributed by atoms with Crippen LogP contribution in [0.4, 0.5) is 4.39 Å². The molecule has 0 N–H and O–H groups in total. The highest BCUT2D eigenvalue weighted by Gasteiger charge is 2.17. The molecule has 0 amide bonds. The van der Waals surface area contributed by atoms with Gasteiger partial charge in [0, 0.05) is 5.56 Å². The normalized spacial score (nSPS) is 14.0. The van der Waals surface area contributed by atoms with E-state index < -0.39 is 0 Å². The van der Waals surface area contributed by atoms with E-state index in [4.69, 9.17) is 4.74 Å². The molecule has 142 valence electrons. The average molecular weight is 372 g/mol. The van der Waals surface area contributed by atoms with Gasteiger partial charge in [0.05, 0.1) is 0 Å². The quantitative estimate of drug-likeness (QED) is 0.461. The lowest BCUT2D eigenvalue weighted by atomic mass is 9.85. The largest absolute Gasteiger partial charge is 0.489 e. The summed E-state index contributed by atoms with van der Waals surface area (Å²) in [5.74, 6) is 0.675. The van der Waals surface area contributed by atoms with Crippen molar-refractivity contribution < 1.29 is 9.13 Å². The molecule has 1 aliphatic rings. The Balaban J connectivity index is 1.61. The van der Waals surface area contributed by atoms with Crippen LogP contribution in [0.1, 0.15) is 48.8 Å². The van der Waals surface area contributed by atoms with Gasteiger partial charge in [0.15, 0.2) is 0 Å². The Morgan fingerprint density at radius 2 is 1.43 bits per heavy atom. The topological polar surface area (TPSA) is 9.23 Å². The lowest BCUT2D eigenvalue weighted by molar-refractivity contribution is 0.306. The summed E-state index contributed by atoms with van der Waals surface area (Å²) in [6.45, 7) is 0.543. The molecule has 0 aliphatic heterocycles. The van der Waals surface area contributed by atoms with Crippen molar-refractivity contribution in [1.82, 2.24) is 0 Å². The molecule has 0 unspecified atom stereocenters. The molecule has 4 rings (SSSR count). The Morgan fingerprint density at radius 1 is 0.750 bits per heavy atom. The minimum Gasteiger partial charge on any atom is -0.489 e. The predicted octanol–water partition coefficient (Wildman–Crippen LogP) is 7.17. The number of halogens is 1. The van der Waals surface area contributed by atoms with Crippen molar-refractivity contribution in [2.45, 2.75) is 38.7 Å². The molecular formula is C26H25FO. The second kappa shape index (κ2) is 8.88. The first-order valence-electron chi connectivity index (χ1n) is 10.1. The lowest BCUT2D eigenvalue weighted by Gasteiger charge is -2.21. The van der Waals surface area contributed by atoms with Crippen LogP contribution in [0.15, 0.2) is 84.4 Å². The fourth-order valence-electron chi connectivity index (χ4n) is 3.90. The molecule has 0 atom stereocenters. The molecule has 0 heterocycles. The summed E-state index contributed by atoms with van der Waals surface area (Å²) in [4.78, 5) is 0. The van der Waals surface area contributed by atoms with Crippen LogP contribution in [0.2, 0.25) is 0 Å². The van der Waals surface area contributed by atoms with Crippen molar-refractivity contribution in [3.05, 3.63) is 107 Å². The highest BCUT2D eigenvalue weighted by atomic mass is 19.1. The van der Waals surface area contributed by atoms with Crippen LogP contribution in [0.5, 0.6) is 5.75 Å². The third-order valence-electron chi connectivity index (χ3n) is 5.35. The van der Waals surface area contributed by atoms with E-state index in [1.165, 1.54) is 24.8 Å². The predicted molar refractivity (Wildman–Crippen MR) is 113 cm³/mol. The third-order valence-corrected chi connectivity index (χ3v) is 5.35. The Bertz CT molecular complexity index is 934. The first-order chi connectivity index (χ1) is 13.8. The standard InChI is InChI=1S/C26H25FO/c27-25-14-8-7-13-24(25)26(21-11-5-2-6-12-21)22-15-17-23(18-16-22)28-19-20-9-3-1-4-10-20/h1,3-4,7-10,13-18H,2,5-6,11-12,19H2. The van der Waals surface area contributed by atoms with E-state index in [1.54, 1.807) is 12.1 Å². The first-order valence-corrected chi connectivity index (χ1v) is 10.1. The summed E-state index contributed by atoms with van der Waals surface area (Å²) in [7, 11) is 0. The fraction of sp³-hybridized carbons (Fsp3) is 0.231. The van der Waals surface area contributed by atoms with Gasteiger partial charge in [-0.25, -0.2) is 4.39 Å². The SMILES string of the molecule is Fc1ccccc1C(=C1CCCCC1)c1ccc(OCc2ccccc2)cc1. The number of rotatable bonds is 5. The molecule has 28 heavy (non-hydrogen) atoms. The Hall–Kier alpha value is -2.87. The molecule has 1 saturated carbocycles. The third kappa shape index (κ3) is 4.33. The van der Waals surface area contributed by atoms with Crippen molar-refractivity contribution in [2.75, 3.05) is 0 Å². The van der Waals surface area contributed by atoms with E-state index in [2.05, 4.69) is 24.3 Å². The number of hydrogen-bond acceptors (Lipinski definition) is 1. The van der Waals surface area contributed by atoms with Crippen LogP contribution in [0.25, 0.3) is 5.57 Å². The average Bonchev–Trinajstić information content (AvgIpc) is 2.76. The summed E-state index contributed by atoms with van der Waals surface area (Å²) in [5.41, 5.74) is 5.34. The molecule has 0 spiro atoms. The number of benzene rings is 3. The van der Waals surface area contributed by atoms with Crippen molar-refractivity contribution in [2.24, 2.45) is 0 Å². The number of allylic oxidation sites excluding steroid dienone is 1. The van der Waals surface area contributed by atoms with Gasteiger partial charge in [0.2, 0.25) is 0 Å². The smallest absolute Gasteiger partial charge is 0.131 e. The lowest BCUT2D eigenvalue weighted by Crippen LogP contribution is -2.02.